The zero-order valence-electron chi connectivity index (χ0n) is 21.8. The third-order valence-electron chi connectivity index (χ3n) is 6.68. The van der Waals surface area contributed by atoms with E-state index in [4.69, 9.17) is 4.74 Å². The van der Waals surface area contributed by atoms with Crippen molar-refractivity contribution >= 4 is 11.8 Å². The van der Waals surface area contributed by atoms with Gasteiger partial charge in [-0.1, -0.05) is 86.6 Å². The highest BCUT2D eigenvalue weighted by Gasteiger charge is 2.31. The summed E-state index contributed by atoms with van der Waals surface area (Å²) in [7, 11) is 1.63. The summed E-state index contributed by atoms with van der Waals surface area (Å²) in [6, 6.07) is 27.4. The van der Waals surface area contributed by atoms with Gasteiger partial charge in [0, 0.05) is 24.9 Å². The zero-order valence-corrected chi connectivity index (χ0v) is 21.8. The van der Waals surface area contributed by atoms with Gasteiger partial charge in [0.1, 0.15) is 11.8 Å². The van der Waals surface area contributed by atoms with Crippen LogP contribution < -0.4 is 10.1 Å². The van der Waals surface area contributed by atoms with Crippen molar-refractivity contribution in [1.82, 2.24) is 10.2 Å². The molecule has 0 bridgehead atoms. The Balaban J connectivity index is 1.94. The van der Waals surface area contributed by atoms with Crippen molar-refractivity contribution in [3.05, 3.63) is 102 Å². The summed E-state index contributed by atoms with van der Waals surface area (Å²) in [6.07, 6.45) is 1.64. The molecule has 2 amide bonds. The molecule has 3 aromatic carbocycles. The number of amides is 2. The molecule has 0 aliphatic rings. The maximum atomic E-state index is 14.0. The number of nitrogens with one attached hydrogen (secondary N) is 1. The molecule has 0 aliphatic carbocycles. The summed E-state index contributed by atoms with van der Waals surface area (Å²) >= 11 is 0. The number of benzene rings is 3. The van der Waals surface area contributed by atoms with Gasteiger partial charge in [0.25, 0.3) is 0 Å². The lowest BCUT2D eigenvalue weighted by Gasteiger charge is -2.33. The van der Waals surface area contributed by atoms with E-state index in [1.54, 1.807) is 12.0 Å². The highest BCUT2D eigenvalue weighted by Crippen LogP contribution is 2.30. The Morgan fingerprint density at radius 1 is 0.833 bits per heavy atom. The predicted octanol–water partition coefficient (Wildman–Crippen LogP) is 5.94. The summed E-state index contributed by atoms with van der Waals surface area (Å²) in [6.45, 7) is 6.34. The predicted molar refractivity (Wildman–Crippen MR) is 145 cm³/mol. The molecule has 0 unspecified atom stereocenters. The molecule has 1 N–H and O–H groups in total. The SMILES string of the molecule is CC[C@@H](C)NC(=O)[C@H](CC)N(Cc1ccc(OC)cc1)C(=O)CC(c1ccccc1)c1ccccc1. The Morgan fingerprint density at radius 3 is 1.86 bits per heavy atom. The third-order valence-corrected chi connectivity index (χ3v) is 6.68. The molecule has 36 heavy (non-hydrogen) atoms. The number of nitrogens with zero attached hydrogens (tertiary/aromatic N) is 1. The van der Waals surface area contributed by atoms with Gasteiger partial charge >= 0.3 is 0 Å². The summed E-state index contributed by atoms with van der Waals surface area (Å²) < 4.78 is 5.29. The standard InChI is InChI=1S/C31H38N2O3/c1-5-23(3)32-31(35)29(6-2)33(22-24-17-19-27(36-4)20-18-24)30(34)21-28(25-13-9-7-10-14-25)26-15-11-8-12-16-26/h7-20,23,28-29H,5-6,21-22H2,1-4H3,(H,32,35)/t23-,29+/m1/s1. The van der Waals surface area contributed by atoms with E-state index in [2.05, 4.69) is 29.6 Å². The van der Waals surface area contributed by atoms with Crippen LogP contribution in [0.2, 0.25) is 0 Å². The Kier molecular flexibility index (Phi) is 10.1. The number of carbonyl (C=O) groups excluding carboxylic acids is 2. The van der Waals surface area contributed by atoms with E-state index < -0.39 is 6.04 Å². The molecule has 0 saturated carbocycles. The summed E-state index contributed by atoms with van der Waals surface area (Å²) in [5.74, 6) is 0.499. The van der Waals surface area contributed by atoms with Crippen LogP contribution in [0.4, 0.5) is 0 Å². The van der Waals surface area contributed by atoms with E-state index in [9.17, 15) is 9.59 Å². The van der Waals surface area contributed by atoms with Crippen molar-refractivity contribution in [2.75, 3.05) is 7.11 Å². The molecule has 2 atom stereocenters. The molecule has 5 heteroatoms. The zero-order chi connectivity index (χ0) is 25.9. The van der Waals surface area contributed by atoms with Crippen LogP contribution in [0.25, 0.3) is 0 Å². The summed E-state index contributed by atoms with van der Waals surface area (Å²) in [4.78, 5) is 29.0. The first-order valence-electron chi connectivity index (χ1n) is 12.8. The highest BCUT2D eigenvalue weighted by molar-refractivity contribution is 5.88. The quantitative estimate of drug-likeness (QED) is 0.345. The fourth-order valence-electron chi connectivity index (χ4n) is 4.38. The molecule has 0 radical (unpaired) electrons. The molecule has 0 aromatic heterocycles. The fourth-order valence-corrected chi connectivity index (χ4v) is 4.38. The monoisotopic (exact) mass is 486 g/mol. The van der Waals surface area contributed by atoms with Crippen LogP contribution in [0.5, 0.6) is 5.75 Å². The minimum absolute atomic E-state index is 0.0466. The lowest BCUT2D eigenvalue weighted by Crippen LogP contribution is -2.51. The van der Waals surface area contributed by atoms with E-state index in [1.807, 2.05) is 81.4 Å². The number of ether oxygens (including phenoxy) is 1. The van der Waals surface area contributed by atoms with Crippen molar-refractivity contribution in [3.8, 4) is 5.75 Å². The molecular weight excluding hydrogens is 448 g/mol. The largest absolute Gasteiger partial charge is 0.497 e. The van der Waals surface area contributed by atoms with E-state index in [-0.39, 0.29) is 30.2 Å². The van der Waals surface area contributed by atoms with Crippen LogP contribution in [0.3, 0.4) is 0 Å². The first kappa shape index (κ1) is 27.0. The highest BCUT2D eigenvalue weighted by atomic mass is 16.5. The van der Waals surface area contributed by atoms with Crippen molar-refractivity contribution in [3.63, 3.8) is 0 Å². The Hall–Kier alpha value is -3.60. The molecule has 0 heterocycles. The maximum absolute atomic E-state index is 14.0. The van der Waals surface area contributed by atoms with Crippen LogP contribution in [-0.4, -0.2) is 35.9 Å². The first-order chi connectivity index (χ1) is 17.5. The summed E-state index contributed by atoms with van der Waals surface area (Å²) in [5.41, 5.74) is 3.12. The molecule has 190 valence electrons. The smallest absolute Gasteiger partial charge is 0.243 e. The number of hydrogen-bond acceptors (Lipinski definition) is 3. The summed E-state index contributed by atoms with van der Waals surface area (Å²) in [5, 5.41) is 3.08. The fraction of sp³-hybridized carbons (Fsp3) is 0.355. The molecule has 0 aliphatic heterocycles. The average Bonchev–Trinajstić information content (AvgIpc) is 2.92. The lowest BCUT2D eigenvalue weighted by molar-refractivity contribution is -0.141. The number of carbonyl (C=O) groups is 2. The molecule has 3 aromatic rings. The van der Waals surface area contributed by atoms with Crippen molar-refractivity contribution in [2.24, 2.45) is 0 Å². The van der Waals surface area contributed by atoms with Gasteiger partial charge in [-0.25, -0.2) is 0 Å². The second kappa shape index (κ2) is 13.5. The Morgan fingerprint density at radius 2 is 1.39 bits per heavy atom. The Labute approximate surface area is 215 Å². The normalized spacial score (nSPS) is 12.6. The third kappa shape index (κ3) is 7.20. The number of hydrogen-bond donors (Lipinski definition) is 1. The molecule has 0 fully saturated rings. The van der Waals surface area contributed by atoms with E-state index in [0.29, 0.717) is 13.0 Å². The van der Waals surface area contributed by atoms with Gasteiger partial charge in [0.15, 0.2) is 0 Å². The second-order valence-electron chi connectivity index (χ2n) is 9.19. The minimum Gasteiger partial charge on any atom is -0.497 e. The molecule has 3 rings (SSSR count). The van der Waals surface area contributed by atoms with Crippen molar-refractivity contribution in [2.45, 2.75) is 64.6 Å². The van der Waals surface area contributed by atoms with Crippen LogP contribution >= 0.6 is 0 Å². The van der Waals surface area contributed by atoms with Gasteiger partial charge < -0.3 is 15.0 Å². The topological polar surface area (TPSA) is 58.6 Å². The van der Waals surface area contributed by atoms with Gasteiger partial charge in [-0.15, -0.1) is 0 Å². The van der Waals surface area contributed by atoms with E-state index in [0.717, 1.165) is 28.9 Å². The van der Waals surface area contributed by atoms with Crippen LogP contribution in [0.1, 0.15) is 62.6 Å². The minimum atomic E-state index is -0.555. The van der Waals surface area contributed by atoms with Gasteiger partial charge in [0.05, 0.1) is 7.11 Å². The average molecular weight is 487 g/mol. The Bertz CT molecular complexity index is 1040. The van der Waals surface area contributed by atoms with Crippen LogP contribution in [0.15, 0.2) is 84.9 Å². The molecule has 0 saturated heterocycles. The molecule has 5 nitrogen and oxygen atoms in total. The molecular formula is C31H38N2O3. The maximum Gasteiger partial charge on any atom is 0.243 e. The van der Waals surface area contributed by atoms with Gasteiger partial charge in [-0.2, -0.15) is 0 Å². The van der Waals surface area contributed by atoms with Crippen LogP contribution in [-0.2, 0) is 16.1 Å². The molecule has 0 spiro atoms. The first-order valence-corrected chi connectivity index (χ1v) is 12.8. The van der Waals surface area contributed by atoms with Crippen molar-refractivity contribution < 1.29 is 14.3 Å². The van der Waals surface area contributed by atoms with Gasteiger partial charge in [0.2, 0.25) is 11.8 Å². The van der Waals surface area contributed by atoms with Gasteiger partial charge in [-0.3, -0.25) is 9.59 Å². The lowest BCUT2D eigenvalue weighted by atomic mass is 9.88. The van der Waals surface area contributed by atoms with E-state index >= 15 is 0 Å². The van der Waals surface area contributed by atoms with Crippen LogP contribution in [0, 0.1) is 0 Å². The second-order valence-corrected chi connectivity index (χ2v) is 9.19. The van der Waals surface area contributed by atoms with Gasteiger partial charge in [-0.05, 0) is 48.6 Å². The van der Waals surface area contributed by atoms with E-state index in [1.165, 1.54) is 0 Å². The van der Waals surface area contributed by atoms with Crippen molar-refractivity contribution in [1.29, 1.82) is 0 Å². The number of methoxy groups -OCH3 is 1. The number of rotatable bonds is 12.